The summed E-state index contributed by atoms with van der Waals surface area (Å²) in [7, 11) is 1.44. The number of carbonyl (C=O) groups excluding carboxylic acids is 2. The third kappa shape index (κ3) is 4.70. The molecule has 2 aromatic heterocycles. The number of nitrogens with zero attached hydrogens (tertiary/aromatic N) is 3. The van der Waals surface area contributed by atoms with Crippen molar-refractivity contribution >= 4 is 29.0 Å². The van der Waals surface area contributed by atoms with Gasteiger partial charge in [-0.2, -0.15) is 4.98 Å². The number of anilines is 1. The Labute approximate surface area is 196 Å². The van der Waals surface area contributed by atoms with Crippen LogP contribution in [0.2, 0.25) is 0 Å². The summed E-state index contributed by atoms with van der Waals surface area (Å²) in [5.41, 5.74) is 0.0131. The highest BCUT2D eigenvalue weighted by Crippen LogP contribution is 2.35. The first kappa shape index (κ1) is 22.2. The molecule has 4 rings (SSSR count). The molecule has 0 aliphatic carbocycles. The number of aromatic nitrogens is 4. The molecule has 11 nitrogen and oxygen atoms in total. The summed E-state index contributed by atoms with van der Waals surface area (Å²) in [5, 5.41) is 2.59. The quantitative estimate of drug-likeness (QED) is 0.502. The monoisotopic (exact) mass is 470 g/mol. The number of rotatable bonds is 7. The van der Waals surface area contributed by atoms with E-state index in [1.54, 1.807) is 30.3 Å². The molecule has 34 heavy (non-hydrogen) atoms. The van der Waals surface area contributed by atoms with Crippen molar-refractivity contribution in [2.45, 2.75) is 51.7 Å². The van der Waals surface area contributed by atoms with Gasteiger partial charge in [-0.3, -0.25) is 24.5 Å². The summed E-state index contributed by atoms with van der Waals surface area (Å²) in [5.74, 6) is -0.753. The van der Waals surface area contributed by atoms with Crippen molar-refractivity contribution in [1.29, 1.82) is 0 Å². The highest BCUT2D eigenvalue weighted by molar-refractivity contribution is 5.90. The van der Waals surface area contributed by atoms with E-state index < -0.39 is 36.1 Å². The Morgan fingerprint density at radius 1 is 1.29 bits per heavy atom. The van der Waals surface area contributed by atoms with Crippen molar-refractivity contribution in [1.82, 2.24) is 19.5 Å². The number of hydrogen-bond acceptors (Lipinski definition) is 8. The molecular weight excluding hydrogens is 442 g/mol. The topological polar surface area (TPSA) is 137 Å². The Morgan fingerprint density at radius 2 is 2.06 bits per heavy atom. The molecule has 180 valence electrons. The number of aromatic amines is 1. The van der Waals surface area contributed by atoms with Crippen LogP contribution in [0.5, 0.6) is 0 Å². The van der Waals surface area contributed by atoms with E-state index in [4.69, 9.17) is 15.6 Å². The first-order valence-corrected chi connectivity index (χ1v) is 10.8. The van der Waals surface area contributed by atoms with Crippen LogP contribution in [-0.4, -0.2) is 56.8 Å². The van der Waals surface area contributed by atoms with E-state index in [0.717, 1.165) is 0 Å². The number of esters is 1. The minimum atomic E-state index is -0.889. The van der Waals surface area contributed by atoms with Crippen LogP contribution < -0.4 is 10.9 Å². The zero-order valence-electron chi connectivity index (χ0n) is 20.1. The summed E-state index contributed by atoms with van der Waals surface area (Å²) in [6.45, 7) is 3.61. The van der Waals surface area contributed by atoms with Crippen LogP contribution in [0, 0.1) is 5.92 Å². The smallest absolute Gasteiger partial charge is 0.338 e. The Morgan fingerprint density at radius 3 is 2.74 bits per heavy atom. The van der Waals surface area contributed by atoms with Crippen molar-refractivity contribution in [2.75, 3.05) is 12.4 Å². The molecule has 1 aliphatic heterocycles. The number of methoxy groups -OCH3 is 1. The minimum Gasteiger partial charge on any atom is -0.453 e. The fourth-order valence-corrected chi connectivity index (χ4v) is 3.82. The van der Waals surface area contributed by atoms with Gasteiger partial charge in [0.05, 0.1) is 18.0 Å². The Balaban J connectivity index is 1.64. The van der Waals surface area contributed by atoms with E-state index in [9.17, 15) is 14.4 Å². The maximum atomic E-state index is 12.7. The average molecular weight is 471 g/mol. The average Bonchev–Trinajstić information content (AvgIpc) is 3.40. The molecule has 0 spiro atoms. The second-order valence-corrected chi connectivity index (χ2v) is 8.39. The number of amides is 1. The summed E-state index contributed by atoms with van der Waals surface area (Å²) < 4.78 is 26.7. The van der Waals surface area contributed by atoms with Crippen LogP contribution in [0.25, 0.3) is 11.2 Å². The molecule has 0 radical (unpaired) electrons. The van der Waals surface area contributed by atoms with Gasteiger partial charge in [0, 0.05) is 14.9 Å². The fraction of sp³-hybridized carbons (Fsp3) is 0.435. The summed E-state index contributed by atoms with van der Waals surface area (Å²) in [6, 6.07) is 8.48. The maximum Gasteiger partial charge on any atom is 0.338 e. The lowest BCUT2D eigenvalue weighted by Gasteiger charge is -2.23. The van der Waals surface area contributed by atoms with Gasteiger partial charge in [0.25, 0.3) is 5.56 Å². The first-order chi connectivity index (χ1) is 16.8. The number of ether oxygens (including phenoxy) is 3. The number of carbonyl (C=O) groups is 2. The zero-order chi connectivity index (χ0) is 25.1. The number of hydrogen-bond donors (Lipinski definition) is 2. The van der Waals surface area contributed by atoms with Gasteiger partial charge in [-0.25, -0.2) is 9.78 Å². The fourth-order valence-electron chi connectivity index (χ4n) is 3.82. The van der Waals surface area contributed by atoms with Crippen molar-refractivity contribution in [3.8, 4) is 0 Å². The lowest BCUT2D eigenvalue weighted by Crippen LogP contribution is -2.36. The van der Waals surface area contributed by atoms with E-state index in [2.05, 4.69) is 20.3 Å². The molecule has 1 aliphatic rings. The molecule has 1 aromatic carbocycles. The molecule has 1 saturated heterocycles. The Bertz CT molecular complexity index is 1260. The summed E-state index contributed by atoms with van der Waals surface area (Å²) in [4.78, 5) is 48.5. The standard InChI is InChI=1S/C23H27N5O6/c1-12(2)10-15(29)25-23-26-19-16(20(30)27-23)24-11-28(19)21-18(32-4)17(13(3)33-21)34-22(31)14-8-6-5-7-9-14/h5-9,11-13,17-18,21H,10H2,1-4H3,(H2,25,26,27,29,30)/t13-,17-,18-,21-/m1/s1/i3D. The van der Waals surface area contributed by atoms with Crippen molar-refractivity contribution in [2.24, 2.45) is 5.92 Å². The molecule has 1 fully saturated rings. The molecular formula is C23H27N5O6. The van der Waals surface area contributed by atoms with Gasteiger partial charge in [0.1, 0.15) is 6.10 Å². The molecule has 4 atom stereocenters. The van der Waals surface area contributed by atoms with Gasteiger partial charge in [0.2, 0.25) is 11.9 Å². The second kappa shape index (κ2) is 9.74. The van der Waals surface area contributed by atoms with Crippen LogP contribution in [0.4, 0.5) is 5.95 Å². The van der Waals surface area contributed by atoms with Crippen molar-refractivity contribution in [3.63, 3.8) is 0 Å². The minimum absolute atomic E-state index is 0.0223. The predicted molar refractivity (Wildman–Crippen MR) is 122 cm³/mol. The largest absolute Gasteiger partial charge is 0.453 e. The zero-order valence-corrected chi connectivity index (χ0v) is 19.1. The van der Waals surface area contributed by atoms with E-state index in [1.807, 2.05) is 13.8 Å². The van der Waals surface area contributed by atoms with Crippen LogP contribution in [0.15, 0.2) is 41.5 Å². The van der Waals surface area contributed by atoms with Gasteiger partial charge in [0.15, 0.2) is 23.5 Å². The lowest BCUT2D eigenvalue weighted by molar-refractivity contribution is -0.116. The van der Waals surface area contributed by atoms with Crippen LogP contribution in [-0.2, 0) is 19.0 Å². The SMILES string of the molecule is [2H]C[C@H]1O[C@@H](n2cnc3c(=O)[nH]c(NC(=O)CC(C)C)nc32)[C@H](OC)[C@@H]1OC(=O)c1ccccc1. The summed E-state index contributed by atoms with van der Waals surface area (Å²) >= 11 is 0. The van der Waals surface area contributed by atoms with Gasteiger partial charge in [-0.15, -0.1) is 0 Å². The van der Waals surface area contributed by atoms with Gasteiger partial charge in [-0.05, 0) is 25.0 Å². The van der Waals surface area contributed by atoms with Crippen LogP contribution in [0.1, 0.15) is 45.1 Å². The molecule has 2 N–H and O–H groups in total. The second-order valence-electron chi connectivity index (χ2n) is 8.39. The maximum absolute atomic E-state index is 12.7. The van der Waals surface area contributed by atoms with Crippen LogP contribution >= 0.6 is 0 Å². The number of H-pyrrole nitrogens is 1. The third-order valence-corrected chi connectivity index (χ3v) is 5.37. The van der Waals surface area contributed by atoms with Crippen molar-refractivity contribution < 1.29 is 25.2 Å². The number of nitrogens with one attached hydrogen (secondary N) is 2. The highest BCUT2D eigenvalue weighted by Gasteiger charge is 2.47. The molecule has 0 bridgehead atoms. The van der Waals surface area contributed by atoms with Gasteiger partial charge in [-0.1, -0.05) is 32.0 Å². The number of imidazole rings is 1. The van der Waals surface area contributed by atoms with E-state index >= 15 is 0 Å². The van der Waals surface area contributed by atoms with E-state index in [-0.39, 0.29) is 42.3 Å². The third-order valence-electron chi connectivity index (χ3n) is 5.37. The van der Waals surface area contributed by atoms with Gasteiger partial charge < -0.3 is 14.2 Å². The number of fused-ring (bicyclic) bond motifs is 1. The lowest BCUT2D eigenvalue weighted by atomic mass is 10.1. The molecule has 1 amide bonds. The van der Waals surface area contributed by atoms with Crippen LogP contribution in [0.3, 0.4) is 0 Å². The van der Waals surface area contributed by atoms with E-state index in [1.165, 1.54) is 18.0 Å². The van der Waals surface area contributed by atoms with Gasteiger partial charge >= 0.3 is 5.97 Å². The Hall–Kier alpha value is -3.57. The molecule has 0 unspecified atom stereocenters. The molecule has 3 aromatic rings. The van der Waals surface area contributed by atoms with Crippen molar-refractivity contribution in [3.05, 3.63) is 52.6 Å². The molecule has 3 heterocycles. The summed E-state index contributed by atoms with van der Waals surface area (Å²) in [6.07, 6.45) is -1.75. The van der Waals surface area contributed by atoms with E-state index in [0.29, 0.717) is 5.56 Å². The normalized spacial score (nSPS) is 22.6. The first-order valence-electron chi connectivity index (χ1n) is 11.5. The molecule has 11 heteroatoms. The highest BCUT2D eigenvalue weighted by atomic mass is 16.6. The molecule has 0 saturated carbocycles. The Kier molecular flexibility index (Phi) is 6.37. The predicted octanol–water partition coefficient (Wildman–Crippen LogP) is 2.26. The number of benzene rings is 1.